The number of hydrogen-bond donors (Lipinski definition) is 1. The zero-order valence-electron chi connectivity index (χ0n) is 6.05. The van der Waals surface area contributed by atoms with Gasteiger partial charge >= 0.3 is 0 Å². The van der Waals surface area contributed by atoms with Crippen molar-refractivity contribution in [2.75, 3.05) is 0 Å². The SMILES string of the molecule is CC1(C)CC(O)=CC(=O)S1. The Morgan fingerprint density at radius 2 is 2.30 bits per heavy atom. The van der Waals surface area contributed by atoms with Gasteiger partial charge in [0.25, 0.3) is 0 Å². The summed E-state index contributed by atoms with van der Waals surface area (Å²) in [6.45, 7) is 3.89. The predicted molar refractivity (Wildman–Crippen MR) is 42.0 cm³/mol. The van der Waals surface area contributed by atoms with Gasteiger partial charge in [-0.1, -0.05) is 11.8 Å². The van der Waals surface area contributed by atoms with Crippen molar-refractivity contribution < 1.29 is 9.90 Å². The molecule has 1 heterocycles. The van der Waals surface area contributed by atoms with Gasteiger partial charge in [-0.15, -0.1) is 0 Å². The van der Waals surface area contributed by atoms with E-state index in [4.69, 9.17) is 5.11 Å². The van der Waals surface area contributed by atoms with E-state index in [1.54, 1.807) is 0 Å². The Morgan fingerprint density at radius 1 is 1.70 bits per heavy atom. The fourth-order valence-electron chi connectivity index (χ4n) is 0.961. The summed E-state index contributed by atoms with van der Waals surface area (Å²) in [4.78, 5) is 10.8. The van der Waals surface area contributed by atoms with Crippen LogP contribution in [0.25, 0.3) is 0 Å². The van der Waals surface area contributed by atoms with E-state index in [-0.39, 0.29) is 15.6 Å². The van der Waals surface area contributed by atoms with Crippen molar-refractivity contribution in [3.8, 4) is 0 Å². The summed E-state index contributed by atoms with van der Waals surface area (Å²) in [5.41, 5.74) is 0. The molecule has 0 radical (unpaired) electrons. The van der Waals surface area contributed by atoms with Crippen LogP contribution in [0.15, 0.2) is 11.8 Å². The van der Waals surface area contributed by atoms with Gasteiger partial charge in [-0.2, -0.15) is 0 Å². The highest BCUT2D eigenvalue weighted by Crippen LogP contribution is 2.35. The van der Waals surface area contributed by atoms with E-state index < -0.39 is 0 Å². The van der Waals surface area contributed by atoms with Crippen LogP contribution in [-0.4, -0.2) is 15.0 Å². The molecule has 56 valence electrons. The normalized spacial score (nSPS) is 24.2. The van der Waals surface area contributed by atoms with E-state index in [0.29, 0.717) is 6.42 Å². The van der Waals surface area contributed by atoms with E-state index in [0.717, 1.165) is 0 Å². The smallest absolute Gasteiger partial charge is 0.216 e. The summed E-state index contributed by atoms with van der Waals surface area (Å²) in [6, 6.07) is 0. The predicted octanol–water partition coefficient (Wildman–Crippen LogP) is 1.87. The molecule has 1 aliphatic heterocycles. The number of aliphatic hydroxyl groups excluding tert-OH is 1. The molecule has 0 bridgehead atoms. The number of thioether (sulfide) groups is 1. The van der Waals surface area contributed by atoms with Crippen molar-refractivity contribution in [3.63, 3.8) is 0 Å². The summed E-state index contributed by atoms with van der Waals surface area (Å²) < 4.78 is -0.129. The van der Waals surface area contributed by atoms with Crippen molar-refractivity contribution in [3.05, 3.63) is 11.8 Å². The Labute approximate surface area is 64.3 Å². The summed E-state index contributed by atoms with van der Waals surface area (Å²) in [6.07, 6.45) is 1.87. The molecule has 10 heavy (non-hydrogen) atoms. The maximum Gasteiger partial charge on any atom is 0.216 e. The number of aliphatic hydroxyl groups is 1. The molecule has 3 heteroatoms. The Balaban J connectivity index is 2.80. The molecule has 0 saturated carbocycles. The van der Waals surface area contributed by atoms with Crippen LogP contribution in [-0.2, 0) is 4.79 Å². The molecule has 0 saturated heterocycles. The monoisotopic (exact) mass is 158 g/mol. The van der Waals surface area contributed by atoms with Crippen LogP contribution in [0.2, 0.25) is 0 Å². The van der Waals surface area contributed by atoms with Gasteiger partial charge in [-0.05, 0) is 13.8 Å². The van der Waals surface area contributed by atoms with Crippen LogP contribution < -0.4 is 0 Å². The summed E-state index contributed by atoms with van der Waals surface area (Å²) >= 11 is 1.27. The van der Waals surface area contributed by atoms with E-state index in [9.17, 15) is 4.79 Å². The molecular weight excluding hydrogens is 148 g/mol. The maximum atomic E-state index is 10.8. The van der Waals surface area contributed by atoms with Crippen LogP contribution in [0.4, 0.5) is 0 Å². The average Bonchev–Trinajstić information content (AvgIpc) is 1.54. The topological polar surface area (TPSA) is 37.3 Å². The van der Waals surface area contributed by atoms with E-state index in [1.807, 2.05) is 13.8 Å². The fraction of sp³-hybridized carbons (Fsp3) is 0.571. The fourth-order valence-corrected chi connectivity index (χ4v) is 1.92. The Bertz CT molecular complexity index is 194. The second-order valence-corrected chi connectivity index (χ2v) is 4.70. The van der Waals surface area contributed by atoms with Crippen LogP contribution in [0, 0.1) is 0 Å². The molecule has 0 unspecified atom stereocenters. The highest BCUT2D eigenvalue weighted by atomic mass is 32.2. The Kier molecular flexibility index (Phi) is 1.77. The molecule has 0 atom stereocenters. The van der Waals surface area contributed by atoms with Crippen LogP contribution >= 0.6 is 11.8 Å². The molecule has 0 aliphatic carbocycles. The number of carbonyl (C=O) groups excluding carboxylic acids is 1. The van der Waals surface area contributed by atoms with Crippen molar-refractivity contribution in [1.82, 2.24) is 0 Å². The first-order chi connectivity index (χ1) is 4.49. The third-order valence-electron chi connectivity index (χ3n) is 1.27. The van der Waals surface area contributed by atoms with Crippen LogP contribution in [0.1, 0.15) is 20.3 Å². The molecule has 0 aromatic rings. The summed E-state index contributed by atoms with van der Waals surface area (Å²) in [7, 11) is 0. The third kappa shape index (κ3) is 1.77. The first-order valence-corrected chi connectivity index (χ1v) is 3.94. The van der Waals surface area contributed by atoms with Crippen LogP contribution in [0.3, 0.4) is 0 Å². The van der Waals surface area contributed by atoms with Gasteiger partial charge in [0.15, 0.2) is 0 Å². The van der Waals surface area contributed by atoms with Gasteiger partial charge in [-0.3, -0.25) is 4.79 Å². The van der Waals surface area contributed by atoms with Crippen molar-refractivity contribution >= 4 is 16.9 Å². The second-order valence-electron chi connectivity index (χ2n) is 2.99. The molecular formula is C7H10O2S. The van der Waals surface area contributed by atoms with Gasteiger partial charge in [-0.25, -0.2) is 0 Å². The van der Waals surface area contributed by atoms with E-state index in [2.05, 4.69) is 0 Å². The van der Waals surface area contributed by atoms with Crippen molar-refractivity contribution in [1.29, 1.82) is 0 Å². The minimum Gasteiger partial charge on any atom is -0.512 e. The van der Waals surface area contributed by atoms with E-state index in [1.165, 1.54) is 17.8 Å². The molecule has 0 aromatic carbocycles. The molecule has 1 N–H and O–H groups in total. The molecule has 0 spiro atoms. The molecule has 0 aromatic heterocycles. The van der Waals surface area contributed by atoms with Crippen molar-refractivity contribution in [2.45, 2.75) is 25.0 Å². The molecule has 2 nitrogen and oxygen atoms in total. The lowest BCUT2D eigenvalue weighted by atomic mass is 10.1. The van der Waals surface area contributed by atoms with Gasteiger partial charge in [0.1, 0.15) is 0 Å². The maximum absolute atomic E-state index is 10.8. The minimum atomic E-state index is -0.129. The molecule has 1 rings (SSSR count). The Morgan fingerprint density at radius 3 is 2.70 bits per heavy atom. The number of allylic oxidation sites excluding steroid dienone is 1. The van der Waals surface area contributed by atoms with Gasteiger partial charge in [0.05, 0.1) is 5.76 Å². The average molecular weight is 158 g/mol. The molecule has 0 fully saturated rings. The van der Waals surface area contributed by atoms with Crippen molar-refractivity contribution in [2.24, 2.45) is 0 Å². The quantitative estimate of drug-likeness (QED) is 0.584. The largest absolute Gasteiger partial charge is 0.512 e. The third-order valence-corrected chi connectivity index (χ3v) is 2.28. The molecule has 0 amide bonds. The second kappa shape index (κ2) is 2.31. The van der Waals surface area contributed by atoms with Crippen LogP contribution in [0.5, 0.6) is 0 Å². The highest BCUT2D eigenvalue weighted by molar-refractivity contribution is 8.15. The summed E-state index contributed by atoms with van der Waals surface area (Å²) in [5, 5.41) is 8.99. The highest BCUT2D eigenvalue weighted by Gasteiger charge is 2.27. The number of rotatable bonds is 0. The first-order valence-electron chi connectivity index (χ1n) is 3.12. The lowest BCUT2D eigenvalue weighted by molar-refractivity contribution is -0.107. The van der Waals surface area contributed by atoms with Gasteiger partial charge in [0.2, 0.25) is 5.12 Å². The zero-order valence-corrected chi connectivity index (χ0v) is 6.86. The Hall–Kier alpha value is -0.440. The lowest BCUT2D eigenvalue weighted by Gasteiger charge is -2.24. The standard InChI is InChI=1S/C7H10O2S/c1-7(2)4-5(8)3-6(9)10-7/h3,8H,4H2,1-2H3. The lowest BCUT2D eigenvalue weighted by Crippen LogP contribution is -2.21. The zero-order chi connectivity index (χ0) is 7.78. The number of hydrogen-bond acceptors (Lipinski definition) is 3. The van der Waals surface area contributed by atoms with E-state index >= 15 is 0 Å². The van der Waals surface area contributed by atoms with Gasteiger partial charge < -0.3 is 5.11 Å². The first kappa shape index (κ1) is 7.66. The summed E-state index contributed by atoms with van der Waals surface area (Å²) in [5.74, 6) is 0.203. The number of carbonyl (C=O) groups is 1. The minimum absolute atomic E-state index is 0.0475. The van der Waals surface area contributed by atoms with Gasteiger partial charge in [0, 0.05) is 17.2 Å². The molecule has 1 aliphatic rings.